The van der Waals surface area contributed by atoms with E-state index in [0.29, 0.717) is 6.54 Å². The van der Waals surface area contributed by atoms with E-state index in [2.05, 4.69) is 11.6 Å². The molecule has 0 aromatic carbocycles. The topological polar surface area (TPSA) is 64.9 Å². The van der Waals surface area contributed by atoms with Crippen molar-refractivity contribution in [2.75, 3.05) is 6.54 Å². The van der Waals surface area contributed by atoms with E-state index in [9.17, 15) is 0 Å². The maximum absolute atomic E-state index is 5.69. The number of nitrogens with two attached hydrogens (primary N) is 2. The van der Waals surface area contributed by atoms with Gasteiger partial charge in [0, 0.05) is 18.8 Å². The average molecular weight is 163 g/mol. The van der Waals surface area contributed by atoms with Crippen molar-refractivity contribution in [2.24, 2.45) is 11.5 Å². The van der Waals surface area contributed by atoms with Crippen LogP contribution in [0.1, 0.15) is 17.3 Å². The largest absolute Gasteiger partial charge is 0.329 e. The van der Waals surface area contributed by atoms with Gasteiger partial charge in [-0.15, -0.1) is 0 Å². The van der Waals surface area contributed by atoms with E-state index in [1.165, 1.54) is 0 Å². The maximum atomic E-state index is 5.69. The number of rotatable bonds is 3. The van der Waals surface area contributed by atoms with Crippen LogP contribution < -0.4 is 11.5 Å². The minimum absolute atomic E-state index is 0.114. The molecule has 1 aromatic rings. The molecule has 1 aromatic heterocycles. The van der Waals surface area contributed by atoms with Gasteiger partial charge in [0.1, 0.15) is 0 Å². The molecule has 0 bridgehead atoms. The molecule has 0 aliphatic rings. The molecule has 0 radical (unpaired) electrons. The van der Waals surface area contributed by atoms with Crippen LogP contribution >= 0.6 is 0 Å². The molecule has 1 atom stereocenters. The molecular weight excluding hydrogens is 150 g/mol. The lowest BCUT2D eigenvalue weighted by atomic mass is 10.1. The molecule has 0 aliphatic carbocycles. The molecule has 0 saturated heterocycles. The normalized spacial score (nSPS) is 12.5. The Morgan fingerprint density at radius 3 is 2.75 bits per heavy atom. The van der Waals surface area contributed by atoms with Crippen molar-refractivity contribution in [3.05, 3.63) is 36.2 Å². The number of aromatic nitrogens is 1. The van der Waals surface area contributed by atoms with Gasteiger partial charge < -0.3 is 11.5 Å². The van der Waals surface area contributed by atoms with Gasteiger partial charge in [0.05, 0.1) is 5.69 Å². The van der Waals surface area contributed by atoms with Crippen LogP contribution in [0.3, 0.4) is 0 Å². The number of hydrogen-bond acceptors (Lipinski definition) is 3. The van der Waals surface area contributed by atoms with Crippen LogP contribution in [-0.4, -0.2) is 11.5 Å². The van der Waals surface area contributed by atoms with E-state index >= 15 is 0 Å². The first kappa shape index (κ1) is 8.90. The van der Waals surface area contributed by atoms with E-state index < -0.39 is 0 Å². The Bertz CT molecular complexity index is 253. The fourth-order valence-corrected chi connectivity index (χ4v) is 0.893. The zero-order valence-electron chi connectivity index (χ0n) is 6.90. The van der Waals surface area contributed by atoms with Gasteiger partial charge in [-0.3, -0.25) is 4.98 Å². The molecule has 1 rings (SSSR count). The summed E-state index contributed by atoms with van der Waals surface area (Å²) in [6.45, 7) is 4.05. The zero-order valence-corrected chi connectivity index (χ0v) is 6.90. The second-order valence-electron chi connectivity index (χ2n) is 2.56. The van der Waals surface area contributed by atoms with E-state index in [1.807, 2.05) is 12.1 Å². The fraction of sp³-hybridized carbons (Fsp3) is 0.222. The first-order chi connectivity index (χ1) is 5.77. The Morgan fingerprint density at radius 1 is 1.58 bits per heavy atom. The van der Waals surface area contributed by atoms with E-state index in [0.717, 1.165) is 11.3 Å². The molecular formula is C9H13N3. The number of nitrogens with zero attached hydrogens (tertiary/aromatic N) is 1. The summed E-state index contributed by atoms with van der Waals surface area (Å²) in [7, 11) is 0. The summed E-state index contributed by atoms with van der Waals surface area (Å²) >= 11 is 0. The predicted octanol–water partition coefficient (Wildman–Crippen LogP) is 0.683. The highest BCUT2D eigenvalue weighted by molar-refractivity contribution is 5.41. The van der Waals surface area contributed by atoms with Crippen molar-refractivity contribution in [3.63, 3.8) is 0 Å². The second kappa shape index (κ2) is 3.99. The molecule has 0 spiro atoms. The molecule has 0 amide bonds. The Labute approximate surface area is 72.1 Å². The summed E-state index contributed by atoms with van der Waals surface area (Å²) in [5.74, 6) is 0. The number of pyridine rings is 1. The first-order valence-electron chi connectivity index (χ1n) is 3.82. The molecule has 3 nitrogen and oxygen atoms in total. The van der Waals surface area contributed by atoms with Crippen molar-refractivity contribution >= 4 is 6.08 Å². The summed E-state index contributed by atoms with van der Waals surface area (Å²) in [5.41, 5.74) is 12.9. The fourth-order valence-electron chi connectivity index (χ4n) is 0.893. The van der Waals surface area contributed by atoms with Crippen molar-refractivity contribution in [3.8, 4) is 0 Å². The van der Waals surface area contributed by atoms with Gasteiger partial charge in [0.15, 0.2) is 0 Å². The van der Waals surface area contributed by atoms with Gasteiger partial charge in [-0.1, -0.05) is 12.6 Å². The van der Waals surface area contributed by atoms with Crippen LogP contribution in [0.25, 0.3) is 6.08 Å². The summed E-state index contributed by atoms with van der Waals surface area (Å²) in [6.07, 6.45) is 3.42. The smallest absolute Gasteiger partial charge is 0.0623 e. The Balaban J connectivity index is 2.84. The standard InChI is InChI=1S/C9H13N3/c1-2-8-4-3-7(6-12-8)9(11)5-10/h2-4,6,9H,1,5,10-11H2/t9-/m1/s1. The Hall–Kier alpha value is -1.19. The monoisotopic (exact) mass is 163 g/mol. The molecule has 4 N–H and O–H groups in total. The van der Waals surface area contributed by atoms with Gasteiger partial charge in [-0.05, 0) is 17.7 Å². The Morgan fingerprint density at radius 2 is 2.33 bits per heavy atom. The lowest BCUT2D eigenvalue weighted by Gasteiger charge is -2.07. The van der Waals surface area contributed by atoms with E-state index in [-0.39, 0.29) is 6.04 Å². The van der Waals surface area contributed by atoms with Crippen LogP contribution in [0.15, 0.2) is 24.9 Å². The molecule has 0 unspecified atom stereocenters. The summed E-state index contributed by atoms with van der Waals surface area (Å²) in [4.78, 5) is 4.11. The molecule has 3 heteroatoms. The number of hydrogen-bond donors (Lipinski definition) is 2. The summed E-state index contributed by atoms with van der Waals surface area (Å²) < 4.78 is 0. The third-order valence-electron chi connectivity index (χ3n) is 1.70. The first-order valence-corrected chi connectivity index (χ1v) is 3.82. The second-order valence-corrected chi connectivity index (χ2v) is 2.56. The third kappa shape index (κ3) is 1.90. The summed E-state index contributed by atoms with van der Waals surface area (Å²) in [6, 6.07) is 3.68. The van der Waals surface area contributed by atoms with Crippen LogP contribution in [0.5, 0.6) is 0 Å². The molecule has 1 heterocycles. The van der Waals surface area contributed by atoms with Crippen LogP contribution in [0.4, 0.5) is 0 Å². The van der Waals surface area contributed by atoms with Gasteiger partial charge in [-0.2, -0.15) is 0 Å². The lowest BCUT2D eigenvalue weighted by Crippen LogP contribution is -2.20. The van der Waals surface area contributed by atoms with Crippen molar-refractivity contribution < 1.29 is 0 Å². The van der Waals surface area contributed by atoms with Gasteiger partial charge >= 0.3 is 0 Å². The molecule has 12 heavy (non-hydrogen) atoms. The molecule has 0 fully saturated rings. The maximum Gasteiger partial charge on any atom is 0.0623 e. The van der Waals surface area contributed by atoms with E-state index in [4.69, 9.17) is 11.5 Å². The van der Waals surface area contributed by atoms with Gasteiger partial charge in [-0.25, -0.2) is 0 Å². The van der Waals surface area contributed by atoms with Crippen molar-refractivity contribution in [1.29, 1.82) is 0 Å². The molecule has 0 saturated carbocycles. The third-order valence-corrected chi connectivity index (χ3v) is 1.70. The summed E-state index contributed by atoms with van der Waals surface area (Å²) in [5, 5.41) is 0. The highest BCUT2D eigenvalue weighted by Gasteiger charge is 2.02. The predicted molar refractivity (Wildman–Crippen MR) is 50.3 cm³/mol. The minimum atomic E-state index is -0.114. The van der Waals surface area contributed by atoms with Crippen molar-refractivity contribution in [2.45, 2.75) is 6.04 Å². The highest BCUT2D eigenvalue weighted by Crippen LogP contribution is 2.07. The average Bonchev–Trinajstić information content (AvgIpc) is 2.17. The van der Waals surface area contributed by atoms with E-state index in [1.54, 1.807) is 12.3 Å². The van der Waals surface area contributed by atoms with Crippen LogP contribution in [0, 0.1) is 0 Å². The molecule has 0 aliphatic heterocycles. The van der Waals surface area contributed by atoms with Gasteiger partial charge in [0.2, 0.25) is 0 Å². The lowest BCUT2D eigenvalue weighted by molar-refractivity contribution is 0.733. The van der Waals surface area contributed by atoms with Gasteiger partial charge in [0.25, 0.3) is 0 Å². The van der Waals surface area contributed by atoms with Crippen LogP contribution in [0.2, 0.25) is 0 Å². The SMILES string of the molecule is C=Cc1ccc([C@H](N)CN)cn1. The quantitative estimate of drug-likeness (QED) is 0.688. The van der Waals surface area contributed by atoms with Crippen molar-refractivity contribution in [1.82, 2.24) is 4.98 Å². The minimum Gasteiger partial charge on any atom is -0.329 e. The highest BCUT2D eigenvalue weighted by atomic mass is 14.7. The van der Waals surface area contributed by atoms with Crippen LogP contribution in [-0.2, 0) is 0 Å². The zero-order chi connectivity index (χ0) is 8.97. The molecule has 64 valence electrons. The Kier molecular flexibility index (Phi) is 2.96.